The molecule has 31 heavy (non-hydrogen) atoms. The summed E-state index contributed by atoms with van der Waals surface area (Å²) < 4.78 is 12.4. The van der Waals surface area contributed by atoms with Crippen LogP contribution in [0.5, 0.6) is 0 Å². The SMILES string of the molecule is O=C(CCn1nnc2cc(-c3noc(/C=C/c4cccs4)n3)ccc21)N1CCOCC1. The molecule has 1 aliphatic heterocycles. The summed E-state index contributed by atoms with van der Waals surface area (Å²) in [6.07, 6.45) is 4.11. The van der Waals surface area contributed by atoms with Crippen molar-refractivity contribution in [1.29, 1.82) is 0 Å². The van der Waals surface area contributed by atoms with E-state index in [1.807, 2.05) is 46.7 Å². The monoisotopic (exact) mass is 436 g/mol. The Kier molecular flexibility index (Phi) is 5.55. The first-order valence-corrected chi connectivity index (χ1v) is 10.9. The number of benzene rings is 1. The van der Waals surface area contributed by atoms with Crippen molar-refractivity contribution in [3.8, 4) is 11.4 Å². The zero-order valence-corrected chi connectivity index (χ0v) is 17.5. The largest absolute Gasteiger partial charge is 0.378 e. The summed E-state index contributed by atoms with van der Waals surface area (Å²) in [4.78, 5) is 19.8. The highest BCUT2D eigenvalue weighted by molar-refractivity contribution is 7.10. The average molecular weight is 436 g/mol. The summed E-state index contributed by atoms with van der Waals surface area (Å²) in [5.74, 6) is 1.04. The molecule has 0 saturated carbocycles. The van der Waals surface area contributed by atoms with Crippen molar-refractivity contribution in [1.82, 2.24) is 30.0 Å². The second-order valence-corrected chi connectivity index (χ2v) is 8.04. The molecule has 5 rings (SSSR count). The number of amides is 1. The van der Waals surface area contributed by atoms with Crippen molar-refractivity contribution in [3.05, 3.63) is 46.5 Å². The van der Waals surface area contributed by atoms with E-state index in [1.54, 1.807) is 22.1 Å². The third-order valence-corrected chi connectivity index (χ3v) is 5.89. The lowest BCUT2D eigenvalue weighted by Gasteiger charge is -2.26. The third-order valence-electron chi connectivity index (χ3n) is 5.05. The number of aryl methyl sites for hydroxylation is 1. The van der Waals surface area contributed by atoms with Crippen molar-refractivity contribution >= 4 is 40.4 Å². The van der Waals surface area contributed by atoms with E-state index in [1.165, 1.54) is 0 Å². The number of carbonyl (C=O) groups is 1. The summed E-state index contributed by atoms with van der Waals surface area (Å²) >= 11 is 1.64. The minimum Gasteiger partial charge on any atom is -0.378 e. The van der Waals surface area contributed by atoms with Crippen LogP contribution in [0.2, 0.25) is 0 Å². The summed E-state index contributed by atoms with van der Waals surface area (Å²) in [5.41, 5.74) is 2.38. The molecule has 0 bridgehead atoms. The smallest absolute Gasteiger partial charge is 0.250 e. The quantitative estimate of drug-likeness (QED) is 0.458. The van der Waals surface area contributed by atoms with Gasteiger partial charge in [-0.1, -0.05) is 16.4 Å². The first-order chi connectivity index (χ1) is 15.3. The van der Waals surface area contributed by atoms with Gasteiger partial charge in [0.05, 0.1) is 25.3 Å². The van der Waals surface area contributed by atoms with Gasteiger partial charge in [0.1, 0.15) is 5.52 Å². The van der Waals surface area contributed by atoms with Crippen LogP contribution in [0.25, 0.3) is 34.6 Å². The molecule has 3 aromatic heterocycles. The highest BCUT2D eigenvalue weighted by Gasteiger charge is 2.17. The molecular weight excluding hydrogens is 416 g/mol. The summed E-state index contributed by atoms with van der Waals surface area (Å²) in [6.45, 7) is 2.97. The maximum atomic E-state index is 12.4. The van der Waals surface area contributed by atoms with Gasteiger partial charge in [-0.05, 0) is 35.7 Å². The Morgan fingerprint density at radius 3 is 2.94 bits per heavy atom. The number of thiophene rings is 1. The molecule has 4 aromatic rings. The fourth-order valence-electron chi connectivity index (χ4n) is 3.41. The van der Waals surface area contributed by atoms with E-state index in [9.17, 15) is 4.79 Å². The minimum atomic E-state index is 0.110. The van der Waals surface area contributed by atoms with Crippen LogP contribution in [-0.4, -0.2) is 62.2 Å². The second-order valence-electron chi connectivity index (χ2n) is 7.06. The van der Waals surface area contributed by atoms with Crippen LogP contribution in [-0.2, 0) is 16.1 Å². The number of hydrogen-bond acceptors (Lipinski definition) is 8. The lowest BCUT2D eigenvalue weighted by atomic mass is 10.2. The lowest BCUT2D eigenvalue weighted by Crippen LogP contribution is -2.41. The molecule has 0 atom stereocenters. The maximum Gasteiger partial charge on any atom is 0.250 e. The van der Waals surface area contributed by atoms with E-state index >= 15 is 0 Å². The van der Waals surface area contributed by atoms with Crippen LogP contribution in [0, 0.1) is 0 Å². The molecule has 0 aliphatic carbocycles. The van der Waals surface area contributed by atoms with Gasteiger partial charge in [0.25, 0.3) is 5.89 Å². The number of nitrogens with zero attached hydrogens (tertiary/aromatic N) is 6. The van der Waals surface area contributed by atoms with E-state index in [-0.39, 0.29) is 5.91 Å². The van der Waals surface area contributed by atoms with Gasteiger partial charge in [0.2, 0.25) is 11.7 Å². The number of hydrogen-bond donors (Lipinski definition) is 0. The standard InChI is InChI=1S/C21H20N6O3S/c28-20(26-9-11-29-12-10-26)7-8-27-18-5-3-15(14-17(18)23-25-27)21-22-19(30-24-21)6-4-16-2-1-13-31-16/h1-6,13-14H,7-12H2/b6-4+. The van der Waals surface area contributed by atoms with Crippen molar-refractivity contribution in [3.63, 3.8) is 0 Å². The van der Waals surface area contributed by atoms with Gasteiger partial charge in [-0.3, -0.25) is 4.79 Å². The number of rotatable bonds is 6. The van der Waals surface area contributed by atoms with Gasteiger partial charge in [0.15, 0.2) is 0 Å². The molecule has 10 heteroatoms. The molecule has 0 N–H and O–H groups in total. The van der Waals surface area contributed by atoms with Crippen LogP contribution in [0.3, 0.4) is 0 Å². The molecule has 1 saturated heterocycles. The van der Waals surface area contributed by atoms with Crippen LogP contribution in [0.1, 0.15) is 17.2 Å². The molecule has 4 heterocycles. The fourth-order valence-corrected chi connectivity index (χ4v) is 4.03. The number of carbonyl (C=O) groups excluding carboxylic acids is 1. The predicted molar refractivity (Wildman–Crippen MR) is 116 cm³/mol. The molecular formula is C21H20N6O3S. The van der Waals surface area contributed by atoms with Gasteiger partial charge in [-0.2, -0.15) is 4.98 Å². The summed E-state index contributed by atoms with van der Waals surface area (Å²) in [7, 11) is 0. The van der Waals surface area contributed by atoms with Crippen molar-refractivity contribution in [2.75, 3.05) is 26.3 Å². The Morgan fingerprint density at radius 1 is 1.19 bits per heavy atom. The molecule has 1 amide bonds. The Balaban J connectivity index is 1.27. The van der Waals surface area contributed by atoms with Crippen molar-refractivity contribution in [2.24, 2.45) is 0 Å². The van der Waals surface area contributed by atoms with Gasteiger partial charge in [-0.25, -0.2) is 4.68 Å². The highest BCUT2D eigenvalue weighted by atomic mass is 32.1. The summed E-state index contributed by atoms with van der Waals surface area (Å²) in [6, 6.07) is 9.71. The fraction of sp³-hybridized carbons (Fsp3) is 0.286. The van der Waals surface area contributed by atoms with Crippen LogP contribution < -0.4 is 0 Å². The van der Waals surface area contributed by atoms with Crippen LogP contribution in [0.15, 0.2) is 40.2 Å². The Labute approximate surface area is 181 Å². The molecule has 1 aromatic carbocycles. The normalized spacial score (nSPS) is 14.6. The predicted octanol–water partition coefficient (Wildman–Crippen LogP) is 2.96. The van der Waals surface area contributed by atoms with E-state index < -0.39 is 0 Å². The van der Waals surface area contributed by atoms with Crippen LogP contribution >= 0.6 is 11.3 Å². The molecule has 1 aliphatic rings. The second kappa shape index (κ2) is 8.78. The molecule has 9 nitrogen and oxygen atoms in total. The van der Waals surface area contributed by atoms with E-state index in [2.05, 4.69) is 20.5 Å². The molecule has 0 unspecified atom stereocenters. The molecule has 158 valence electrons. The van der Waals surface area contributed by atoms with E-state index in [4.69, 9.17) is 9.26 Å². The zero-order chi connectivity index (χ0) is 21.0. The summed E-state index contributed by atoms with van der Waals surface area (Å²) in [5, 5.41) is 14.5. The first kappa shape index (κ1) is 19.6. The lowest BCUT2D eigenvalue weighted by molar-refractivity contribution is -0.135. The van der Waals surface area contributed by atoms with E-state index in [0.29, 0.717) is 51.0 Å². The number of ether oxygens (including phenoxy) is 1. The number of aromatic nitrogens is 5. The minimum absolute atomic E-state index is 0.110. The number of fused-ring (bicyclic) bond motifs is 1. The highest BCUT2D eigenvalue weighted by Crippen LogP contribution is 2.22. The number of morpholine rings is 1. The third kappa shape index (κ3) is 4.39. The Hall–Kier alpha value is -3.37. The van der Waals surface area contributed by atoms with Gasteiger partial charge in [-0.15, -0.1) is 16.4 Å². The molecule has 1 fully saturated rings. The van der Waals surface area contributed by atoms with Gasteiger partial charge in [0, 0.05) is 36.0 Å². The van der Waals surface area contributed by atoms with Gasteiger partial charge >= 0.3 is 0 Å². The van der Waals surface area contributed by atoms with Crippen molar-refractivity contribution in [2.45, 2.75) is 13.0 Å². The molecule has 0 spiro atoms. The first-order valence-electron chi connectivity index (χ1n) is 10.0. The van der Waals surface area contributed by atoms with Crippen molar-refractivity contribution < 1.29 is 14.1 Å². The topological polar surface area (TPSA) is 99.2 Å². The van der Waals surface area contributed by atoms with Crippen LogP contribution in [0.4, 0.5) is 0 Å². The zero-order valence-electron chi connectivity index (χ0n) is 16.7. The van der Waals surface area contributed by atoms with E-state index in [0.717, 1.165) is 21.5 Å². The van der Waals surface area contributed by atoms with Gasteiger partial charge < -0.3 is 14.2 Å². The average Bonchev–Trinajstić information content (AvgIpc) is 3.57. The Morgan fingerprint density at radius 2 is 2.10 bits per heavy atom. The molecule has 0 radical (unpaired) electrons. The maximum absolute atomic E-state index is 12.4. The Bertz CT molecular complexity index is 1210.